The second kappa shape index (κ2) is 6.92. The summed E-state index contributed by atoms with van der Waals surface area (Å²) in [6, 6.07) is 10.0. The molecule has 0 bridgehead atoms. The van der Waals surface area contributed by atoms with Crippen LogP contribution in [0.2, 0.25) is 0 Å². The van der Waals surface area contributed by atoms with Gasteiger partial charge in [0.1, 0.15) is 0 Å². The maximum atomic E-state index is 11.8. The molecule has 0 saturated carbocycles. The Balaban J connectivity index is 2.07. The second-order valence-electron chi connectivity index (χ2n) is 6.02. The third-order valence-corrected chi connectivity index (χ3v) is 4.80. The van der Waals surface area contributed by atoms with Gasteiger partial charge in [-0.25, -0.2) is 0 Å². The van der Waals surface area contributed by atoms with Crippen LogP contribution in [0.4, 0.5) is 0 Å². The Morgan fingerprint density at radius 3 is 2.23 bits per heavy atom. The van der Waals surface area contributed by atoms with Crippen LogP contribution in [-0.4, -0.2) is 40.1 Å². The summed E-state index contributed by atoms with van der Waals surface area (Å²) in [6.45, 7) is 3.76. The third kappa shape index (κ3) is 3.30. The van der Waals surface area contributed by atoms with Crippen molar-refractivity contribution in [3.63, 3.8) is 0 Å². The van der Waals surface area contributed by atoms with Gasteiger partial charge in [-0.2, -0.15) is 0 Å². The minimum absolute atomic E-state index is 0.348. The molecule has 1 atom stereocenters. The number of hydrogen-bond donors (Lipinski definition) is 2. The van der Waals surface area contributed by atoms with Crippen molar-refractivity contribution < 1.29 is 19.8 Å². The van der Waals surface area contributed by atoms with E-state index in [0.29, 0.717) is 32.4 Å². The Morgan fingerprint density at radius 2 is 1.77 bits per heavy atom. The maximum absolute atomic E-state index is 11.8. The topological polar surface area (TPSA) is 77.8 Å². The SMILES string of the molecule is CCC(C(=O)O)C1(C(=O)O)CCN(Cc2ccccc2)CC1. The molecular formula is C17H23NO4. The lowest BCUT2D eigenvalue weighted by Gasteiger charge is -2.41. The Bertz CT molecular complexity index is 521. The van der Waals surface area contributed by atoms with Crippen LogP contribution in [0.3, 0.4) is 0 Å². The number of carboxylic acids is 2. The van der Waals surface area contributed by atoms with Crippen molar-refractivity contribution in [3.8, 4) is 0 Å². The predicted molar refractivity (Wildman–Crippen MR) is 82.4 cm³/mol. The van der Waals surface area contributed by atoms with Gasteiger partial charge in [0.2, 0.25) is 0 Å². The van der Waals surface area contributed by atoms with Gasteiger partial charge in [0, 0.05) is 6.54 Å². The lowest BCUT2D eigenvalue weighted by Crippen LogP contribution is -2.50. The molecule has 1 aromatic carbocycles. The van der Waals surface area contributed by atoms with Crippen molar-refractivity contribution in [1.29, 1.82) is 0 Å². The number of aliphatic carboxylic acids is 2. The number of benzene rings is 1. The van der Waals surface area contributed by atoms with Crippen molar-refractivity contribution in [3.05, 3.63) is 35.9 Å². The number of piperidine rings is 1. The molecule has 2 N–H and O–H groups in total. The molecule has 0 radical (unpaired) electrons. The molecule has 0 spiro atoms. The fourth-order valence-corrected chi connectivity index (χ4v) is 3.46. The molecular weight excluding hydrogens is 282 g/mol. The summed E-state index contributed by atoms with van der Waals surface area (Å²) in [5, 5.41) is 19.0. The Morgan fingerprint density at radius 1 is 1.18 bits per heavy atom. The van der Waals surface area contributed by atoms with Crippen LogP contribution in [0, 0.1) is 11.3 Å². The summed E-state index contributed by atoms with van der Waals surface area (Å²) in [5.74, 6) is -2.79. The highest BCUT2D eigenvalue weighted by Gasteiger charge is 2.50. The van der Waals surface area contributed by atoms with Gasteiger partial charge in [-0.3, -0.25) is 14.5 Å². The molecule has 5 nitrogen and oxygen atoms in total. The van der Waals surface area contributed by atoms with Crippen LogP contribution >= 0.6 is 0 Å². The normalized spacial score (nSPS) is 19.5. The first kappa shape index (κ1) is 16.5. The van der Waals surface area contributed by atoms with E-state index in [4.69, 9.17) is 0 Å². The standard InChI is InChI=1S/C17H23NO4/c1-2-14(15(19)20)17(16(21)22)8-10-18(11-9-17)12-13-6-4-3-5-7-13/h3-7,14H,2,8-12H2,1H3,(H,19,20)(H,21,22). The fraction of sp³-hybridized carbons (Fsp3) is 0.529. The molecule has 5 heteroatoms. The average Bonchev–Trinajstić information content (AvgIpc) is 2.50. The molecule has 0 aliphatic carbocycles. The Labute approximate surface area is 130 Å². The Kier molecular flexibility index (Phi) is 5.19. The van der Waals surface area contributed by atoms with Gasteiger partial charge in [0.05, 0.1) is 11.3 Å². The maximum Gasteiger partial charge on any atom is 0.310 e. The van der Waals surface area contributed by atoms with E-state index < -0.39 is 23.3 Å². The van der Waals surface area contributed by atoms with Crippen LogP contribution in [0.5, 0.6) is 0 Å². The zero-order chi connectivity index (χ0) is 16.2. The molecule has 1 fully saturated rings. The summed E-state index contributed by atoms with van der Waals surface area (Å²) >= 11 is 0. The highest BCUT2D eigenvalue weighted by atomic mass is 16.4. The lowest BCUT2D eigenvalue weighted by molar-refractivity contribution is -0.167. The quantitative estimate of drug-likeness (QED) is 0.844. The van der Waals surface area contributed by atoms with E-state index in [1.54, 1.807) is 6.92 Å². The smallest absolute Gasteiger partial charge is 0.310 e. The van der Waals surface area contributed by atoms with Crippen LogP contribution < -0.4 is 0 Å². The summed E-state index contributed by atoms with van der Waals surface area (Å²) in [4.78, 5) is 25.4. The zero-order valence-electron chi connectivity index (χ0n) is 12.9. The molecule has 1 unspecified atom stereocenters. The lowest BCUT2D eigenvalue weighted by atomic mass is 9.67. The van der Waals surface area contributed by atoms with Gasteiger partial charge in [0.15, 0.2) is 0 Å². The highest BCUT2D eigenvalue weighted by Crippen LogP contribution is 2.41. The molecule has 1 aromatic rings. The predicted octanol–water partition coefficient (Wildman–Crippen LogP) is 2.46. The van der Waals surface area contributed by atoms with Gasteiger partial charge in [-0.05, 0) is 37.9 Å². The van der Waals surface area contributed by atoms with Gasteiger partial charge < -0.3 is 10.2 Å². The number of carbonyl (C=O) groups is 2. The van der Waals surface area contributed by atoms with Crippen molar-refractivity contribution in [1.82, 2.24) is 4.90 Å². The molecule has 0 aromatic heterocycles. The average molecular weight is 305 g/mol. The second-order valence-corrected chi connectivity index (χ2v) is 6.02. The number of carboxylic acid groups (broad SMARTS) is 2. The third-order valence-electron chi connectivity index (χ3n) is 4.80. The van der Waals surface area contributed by atoms with Crippen molar-refractivity contribution in [2.24, 2.45) is 11.3 Å². The summed E-state index contributed by atoms with van der Waals surface area (Å²) in [5.41, 5.74) is 0.0592. The zero-order valence-corrected chi connectivity index (χ0v) is 12.9. The highest BCUT2D eigenvalue weighted by molar-refractivity contribution is 5.83. The molecule has 1 saturated heterocycles. The summed E-state index contributed by atoms with van der Waals surface area (Å²) in [6.07, 6.45) is 1.13. The largest absolute Gasteiger partial charge is 0.481 e. The summed E-state index contributed by atoms with van der Waals surface area (Å²) < 4.78 is 0. The van der Waals surface area contributed by atoms with Gasteiger partial charge in [-0.1, -0.05) is 37.3 Å². The van der Waals surface area contributed by atoms with E-state index in [0.717, 1.165) is 6.54 Å². The van der Waals surface area contributed by atoms with Gasteiger partial charge >= 0.3 is 11.9 Å². The van der Waals surface area contributed by atoms with Crippen molar-refractivity contribution >= 4 is 11.9 Å². The van der Waals surface area contributed by atoms with E-state index in [1.807, 2.05) is 30.3 Å². The molecule has 120 valence electrons. The molecule has 1 heterocycles. The number of nitrogens with zero attached hydrogens (tertiary/aromatic N) is 1. The molecule has 22 heavy (non-hydrogen) atoms. The van der Waals surface area contributed by atoms with E-state index in [-0.39, 0.29) is 0 Å². The first-order valence-electron chi connectivity index (χ1n) is 7.72. The number of rotatable bonds is 6. The fourth-order valence-electron chi connectivity index (χ4n) is 3.46. The Hall–Kier alpha value is -1.88. The van der Waals surface area contributed by atoms with Crippen molar-refractivity contribution in [2.45, 2.75) is 32.7 Å². The minimum Gasteiger partial charge on any atom is -0.481 e. The number of hydrogen-bond acceptors (Lipinski definition) is 3. The minimum atomic E-state index is -1.13. The molecule has 1 aliphatic rings. The van der Waals surface area contributed by atoms with Gasteiger partial charge in [0.25, 0.3) is 0 Å². The van der Waals surface area contributed by atoms with Gasteiger partial charge in [-0.15, -0.1) is 0 Å². The van der Waals surface area contributed by atoms with Crippen LogP contribution in [0.1, 0.15) is 31.7 Å². The monoisotopic (exact) mass is 305 g/mol. The van der Waals surface area contributed by atoms with Crippen molar-refractivity contribution in [2.75, 3.05) is 13.1 Å². The first-order valence-corrected chi connectivity index (χ1v) is 7.72. The van der Waals surface area contributed by atoms with E-state index in [2.05, 4.69) is 4.90 Å². The van der Waals surface area contributed by atoms with E-state index in [9.17, 15) is 19.8 Å². The summed E-state index contributed by atoms with van der Waals surface area (Å²) in [7, 11) is 0. The van der Waals surface area contributed by atoms with Crippen LogP contribution in [0.15, 0.2) is 30.3 Å². The van der Waals surface area contributed by atoms with Crippen LogP contribution in [-0.2, 0) is 16.1 Å². The van der Waals surface area contributed by atoms with Crippen LogP contribution in [0.25, 0.3) is 0 Å². The van der Waals surface area contributed by atoms with E-state index >= 15 is 0 Å². The molecule has 0 amide bonds. The molecule has 2 rings (SSSR count). The van der Waals surface area contributed by atoms with E-state index in [1.165, 1.54) is 5.56 Å². The first-order chi connectivity index (χ1) is 10.5. The molecule has 1 aliphatic heterocycles. The number of likely N-dealkylation sites (tertiary alicyclic amines) is 1.